The lowest BCUT2D eigenvalue weighted by molar-refractivity contribution is 0.203. The average Bonchev–Trinajstić information content (AvgIpc) is 3.36. The van der Waals surface area contributed by atoms with Gasteiger partial charge in [-0.25, -0.2) is 4.98 Å². The van der Waals surface area contributed by atoms with Crippen molar-refractivity contribution in [3.8, 4) is 17.0 Å². The van der Waals surface area contributed by atoms with E-state index < -0.39 is 6.23 Å². The van der Waals surface area contributed by atoms with Gasteiger partial charge in [0.2, 0.25) is 5.88 Å². The summed E-state index contributed by atoms with van der Waals surface area (Å²) in [4.78, 5) is 8.29. The third-order valence-electron chi connectivity index (χ3n) is 4.45. The standard InChI is InChI=1S/C19H20ClN5O3/c20-14-3-1-11(7-15(14)24-18(26)16-10-27-19(21)25-16)12-2-4-17(23-8-12)28-13-5-6-22-9-13/h1-4,7-8,10,13,18,22,24,26H,5-6,9H2,(H2,21,25). The smallest absolute Gasteiger partial charge is 0.292 e. The van der Waals surface area contributed by atoms with Crippen LogP contribution in [0.4, 0.5) is 11.7 Å². The summed E-state index contributed by atoms with van der Waals surface area (Å²) in [5, 5.41) is 16.9. The quantitative estimate of drug-likeness (QED) is 0.465. The molecule has 0 amide bonds. The fourth-order valence-corrected chi connectivity index (χ4v) is 3.16. The molecule has 5 N–H and O–H groups in total. The number of oxazole rings is 1. The molecule has 9 heteroatoms. The molecule has 146 valence electrons. The van der Waals surface area contributed by atoms with Crippen LogP contribution in [0.3, 0.4) is 0 Å². The van der Waals surface area contributed by atoms with Gasteiger partial charge in [0.1, 0.15) is 18.1 Å². The summed E-state index contributed by atoms with van der Waals surface area (Å²) in [6.07, 6.45) is 3.07. The molecular weight excluding hydrogens is 382 g/mol. The van der Waals surface area contributed by atoms with Crippen LogP contribution in [0.5, 0.6) is 5.88 Å². The summed E-state index contributed by atoms with van der Waals surface area (Å²) in [5.74, 6) is 0.601. The van der Waals surface area contributed by atoms with E-state index in [1.165, 1.54) is 6.26 Å². The van der Waals surface area contributed by atoms with Gasteiger partial charge in [-0.3, -0.25) is 0 Å². The molecule has 2 atom stereocenters. The number of nitrogen functional groups attached to an aromatic ring is 1. The molecule has 1 aromatic carbocycles. The van der Waals surface area contributed by atoms with Gasteiger partial charge < -0.3 is 30.6 Å². The lowest BCUT2D eigenvalue weighted by Gasteiger charge is -2.15. The molecular formula is C19H20ClN5O3. The number of nitrogens with zero attached hydrogens (tertiary/aromatic N) is 2. The Kier molecular flexibility index (Phi) is 5.34. The highest BCUT2D eigenvalue weighted by Gasteiger charge is 2.17. The Morgan fingerprint density at radius 2 is 2.18 bits per heavy atom. The number of pyridine rings is 1. The monoisotopic (exact) mass is 401 g/mol. The van der Waals surface area contributed by atoms with Gasteiger partial charge in [-0.15, -0.1) is 0 Å². The second-order valence-corrected chi connectivity index (χ2v) is 6.88. The van der Waals surface area contributed by atoms with Crippen LogP contribution >= 0.6 is 11.6 Å². The zero-order valence-corrected chi connectivity index (χ0v) is 15.7. The number of rotatable bonds is 6. The van der Waals surface area contributed by atoms with Crippen LogP contribution < -0.4 is 21.1 Å². The third kappa shape index (κ3) is 4.19. The minimum absolute atomic E-state index is 0.0162. The molecule has 8 nitrogen and oxygen atoms in total. The van der Waals surface area contributed by atoms with E-state index in [4.69, 9.17) is 26.5 Å². The Morgan fingerprint density at radius 1 is 1.32 bits per heavy atom. The summed E-state index contributed by atoms with van der Waals surface area (Å²) in [6, 6.07) is 9.23. The first-order chi connectivity index (χ1) is 13.6. The molecule has 28 heavy (non-hydrogen) atoms. The Bertz CT molecular complexity index is 941. The predicted octanol–water partition coefficient (Wildman–Crippen LogP) is 2.82. The van der Waals surface area contributed by atoms with Gasteiger partial charge in [0.05, 0.1) is 10.7 Å². The molecule has 2 unspecified atom stereocenters. The van der Waals surface area contributed by atoms with E-state index in [2.05, 4.69) is 20.6 Å². The van der Waals surface area contributed by atoms with Crippen LogP contribution in [-0.2, 0) is 0 Å². The average molecular weight is 402 g/mol. The number of anilines is 2. The number of hydrogen-bond acceptors (Lipinski definition) is 8. The summed E-state index contributed by atoms with van der Waals surface area (Å²) in [7, 11) is 0. The highest BCUT2D eigenvalue weighted by molar-refractivity contribution is 6.33. The summed E-state index contributed by atoms with van der Waals surface area (Å²) >= 11 is 6.26. The minimum Gasteiger partial charge on any atom is -0.473 e. The molecule has 0 saturated carbocycles. The lowest BCUT2D eigenvalue weighted by Crippen LogP contribution is -2.19. The van der Waals surface area contributed by atoms with Crippen molar-refractivity contribution < 1.29 is 14.3 Å². The fourth-order valence-electron chi connectivity index (χ4n) is 2.98. The van der Waals surface area contributed by atoms with Gasteiger partial charge in [-0.1, -0.05) is 17.7 Å². The number of benzene rings is 1. The minimum atomic E-state index is -1.11. The number of halogens is 1. The van der Waals surface area contributed by atoms with Crippen LogP contribution in [0, 0.1) is 0 Å². The molecule has 0 spiro atoms. The normalized spacial score (nSPS) is 17.4. The van der Waals surface area contributed by atoms with Gasteiger partial charge in [0.15, 0.2) is 6.23 Å². The van der Waals surface area contributed by atoms with E-state index in [-0.39, 0.29) is 17.8 Å². The topological polar surface area (TPSA) is 118 Å². The van der Waals surface area contributed by atoms with E-state index in [9.17, 15) is 5.11 Å². The van der Waals surface area contributed by atoms with E-state index >= 15 is 0 Å². The molecule has 1 fully saturated rings. The molecule has 3 aromatic rings. The molecule has 0 radical (unpaired) electrons. The number of ether oxygens (including phenoxy) is 1. The van der Waals surface area contributed by atoms with Crippen molar-refractivity contribution in [3.05, 3.63) is 53.5 Å². The van der Waals surface area contributed by atoms with Gasteiger partial charge in [-0.05, 0) is 36.7 Å². The van der Waals surface area contributed by atoms with Crippen LogP contribution in [-0.4, -0.2) is 34.3 Å². The Balaban J connectivity index is 1.49. The van der Waals surface area contributed by atoms with Gasteiger partial charge in [0.25, 0.3) is 6.01 Å². The highest BCUT2D eigenvalue weighted by atomic mass is 35.5. The first-order valence-electron chi connectivity index (χ1n) is 8.87. The summed E-state index contributed by atoms with van der Waals surface area (Å²) in [5.41, 5.74) is 8.04. The van der Waals surface area contributed by atoms with Gasteiger partial charge in [-0.2, -0.15) is 4.98 Å². The number of aliphatic hydroxyl groups is 1. The zero-order valence-electron chi connectivity index (χ0n) is 14.9. The summed E-state index contributed by atoms with van der Waals surface area (Å²) < 4.78 is 10.8. The molecule has 2 aromatic heterocycles. The number of aliphatic hydroxyl groups excluding tert-OH is 1. The number of aromatic nitrogens is 2. The van der Waals surface area contributed by atoms with Crippen molar-refractivity contribution in [2.24, 2.45) is 0 Å². The molecule has 0 aliphatic carbocycles. The Morgan fingerprint density at radius 3 is 2.86 bits per heavy atom. The van der Waals surface area contributed by atoms with Crippen molar-refractivity contribution in [2.75, 3.05) is 24.1 Å². The maximum Gasteiger partial charge on any atom is 0.292 e. The van der Waals surface area contributed by atoms with E-state index in [0.29, 0.717) is 16.6 Å². The predicted molar refractivity (Wildman–Crippen MR) is 106 cm³/mol. The number of nitrogens with two attached hydrogens (primary N) is 1. The maximum atomic E-state index is 10.3. The Hall–Kier alpha value is -2.81. The van der Waals surface area contributed by atoms with Crippen LogP contribution in [0.15, 0.2) is 47.2 Å². The fraction of sp³-hybridized carbons (Fsp3) is 0.263. The largest absolute Gasteiger partial charge is 0.473 e. The highest BCUT2D eigenvalue weighted by Crippen LogP contribution is 2.31. The summed E-state index contributed by atoms with van der Waals surface area (Å²) in [6.45, 7) is 1.81. The van der Waals surface area contributed by atoms with E-state index in [0.717, 1.165) is 30.6 Å². The second-order valence-electron chi connectivity index (χ2n) is 6.47. The Labute approximate surface area is 166 Å². The molecule has 1 aliphatic heterocycles. The number of nitrogens with one attached hydrogen (secondary N) is 2. The first-order valence-corrected chi connectivity index (χ1v) is 9.25. The molecule has 4 rings (SSSR count). The van der Waals surface area contributed by atoms with Crippen molar-refractivity contribution in [1.29, 1.82) is 0 Å². The van der Waals surface area contributed by atoms with Crippen LogP contribution in [0.1, 0.15) is 18.3 Å². The maximum absolute atomic E-state index is 10.3. The lowest BCUT2D eigenvalue weighted by atomic mass is 10.1. The zero-order chi connectivity index (χ0) is 19.5. The van der Waals surface area contributed by atoms with Crippen molar-refractivity contribution in [2.45, 2.75) is 18.8 Å². The third-order valence-corrected chi connectivity index (χ3v) is 4.78. The second kappa shape index (κ2) is 8.05. The molecule has 3 heterocycles. The molecule has 1 aliphatic rings. The van der Waals surface area contributed by atoms with E-state index in [1.807, 2.05) is 24.3 Å². The van der Waals surface area contributed by atoms with Crippen LogP contribution in [0.25, 0.3) is 11.1 Å². The van der Waals surface area contributed by atoms with E-state index in [1.54, 1.807) is 12.3 Å². The van der Waals surface area contributed by atoms with Crippen molar-refractivity contribution in [3.63, 3.8) is 0 Å². The van der Waals surface area contributed by atoms with Crippen molar-refractivity contribution in [1.82, 2.24) is 15.3 Å². The first kappa shape index (κ1) is 18.5. The van der Waals surface area contributed by atoms with Gasteiger partial charge in [0, 0.05) is 24.4 Å². The molecule has 0 bridgehead atoms. The van der Waals surface area contributed by atoms with Gasteiger partial charge >= 0.3 is 0 Å². The SMILES string of the molecule is Nc1nc(C(O)Nc2cc(-c3ccc(OC4CCNC4)nc3)ccc2Cl)co1. The molecule has 1 saturated heterocycles. The van der Waals surface area contributed by atoms with Crippen LogP contribution in [0.2, 0.25) is 5.02 Å². The van der Waals surface area contributed by atoms with Crippen molar-refractivity contribution >= 4 is 23.3 Å². The number of hydrogen-bond donors (Lipinski definition) is 4.